The molecule has 6 heteroatoms. The summed E-state index contributed by atoms with van der Waals surface area (Å²) in [6.45, 7) is 3.25. The number of rotatable bonds is 5. The molecule has 2 heterocycles. The van der Waals surface area contributed by atoms with Crippen LogP contribution in [0, 0.1) is 0 Å². The minimum atomic E-state index is -0.297. The molecule has 0 saturated carbocycles. The highest BCUT2D eigenvalue weighted by molar-refractivity contribution is 6.33. The molecule has 5 nitrogen and oxygen atoms in total. The molecule has 0 bridgehead atoms. The molecule has 1 aliphatic heterocycles. The topological polar surface area (TPSA) is 41.4 Å². The van der Waals surface area contributed by atoms with E-state index in [2.05, 4.69) is 75.6 Å². The summed E-state index contributed by atoms with van der Waals surface area (Å²) in [7, 11) is 0. The molecule has 5 rings (SSSR count). The predicted molar refractivity (Wildman–Crippen MR) is 133 cm³/mol. The van der Waals surface area contributed by atoms with Crippen LogP contribution in [0.1, 0.15) is 17.2 Å². The fourth-order valence-electron chi connectivity index (χ4n) is 4.50. The van der Waals surface area contributed by atoms with Crippen molar-refractivity contribution in [2.45, 2.75) is 6.04 Å². The second kappa shape index (κ2) is 9.61. The zero-order valence-electron chi connectivity index (χ0n) is 18.2. The van der Waals surface area contributed by atoms with E-state index in [-0.39, 0.29) is 16.6 Å². The lowest BCUT2D eigenvalue weighted by Gasteiger charge is -2.40. The Morgan fingerprint density at radius 1 is 0.727 bits per heavy atom. The first kappa shape index (κ1) is 21.4. The number of piperazine rings is 1. The summed E-state index contributed by atoms with van der Waals surface area (Å²) in [6, 6.07) is 30.8. The monoisotopic (exact) mass is 456 g/mol. The zero-order valence-corrected chi connectivity index (χ0v) is 19.0. The number of hydrogen-bond donors (Lipinski definition) is 0. The number of aromatic nitrogens is 2. The Hall–Kier alpha value is -3.41. The van der Waals surface area contributed by atoms with E-state index >= 15 is 0 Å². The molecule has 0 atom stereocenters. The molecule has 4 aromatic rings. The van der Waals surface area contributed by atoms with Gasteiger partial charge in [-0.3, -0.25) is 9.69 Å². The van der Waals surface area contributed by atoms with Crippen LogP contribution in [0.4, 0.5) is 5.69 Å². The largest absolute Gasteiger partial charge is 0.366 e. The van der Waals surface area contributed by atoms with Crippen LogP contribution in [0.5, 0.6) is 0 Å². The molecule has 1 saturated heterocycles. The van der Waals surface area contributed by atoms with Crippen LogP contribution >= 0.6 is 11.6 Å². The van der Waals surface area contributed by atoms with Crippen LogP contribution in [0.25, 0.3) is 5.69 Å². The lowest BCUT2D eigenvalue weighted by Crippen LogP contribution is -2.48. The first-order valence-corrected chi connectivity index (χ1v) is 11.5. The standard InChI is InChI=1S/C27H25ClN4O/c28-25-24(20-29-32(27(25)33)23-14-8-3-9-15-23)30-16-18-31(19-17-30)26(21-10-4-1-5-11-21)22-12-6-2-7-13-22/h1-15,20,26H,16-19H2. The van der Waals surface area contributed by atoms with Crippen molar-refractivity contribution < 1.29 is 0 Å². The van der Waals surface area contributed by atoms with Gasteiger partial charge in [-0.2, -0.15) is 9.78 Å². The van der Waals surface area contributed by atoms with Crippen molar-refractivity contribution in [3.8, 4) is 5.69 Å². The fourth-order valence-corrected chi connectivity index (χ4v) is 4.75. The normalized spacial score (nSPS) is 14.5. The van der Waals surface area contributed by atoms with Gasteiger partial charge in [0, 0.05) is 26.2 Å². The van der Waals surface area contributed by atoms with Crippen LogP contribution in [0.3, 0.4) is 0 Å². The van der Waals surface area contributed by atoms with Gasteiger partial charge in [0.05, 0.1) is 23.6 Å². The Morgan fingerprint density at radius 3 is 1.79 bits per heavy atom. The molecule has 166 valence electrons. The predicted octanol–water partition coefficient (Wildman–Crippen LogP) is 4.80. The number of benzene rings is 3. The second-order valence-corrected chi connectivity index (χ2v) is 8.52. The van der Waals surface area contributed by atoms with Crippen molar-refractivity contribution in [3.05, 3.63) is 124 Å². The zero-order chi connectivity index (χ0) is 22.6. The highest BCUT2D eigenvalue weighted by Crippen LogP contribution is 2.31. The summed E-state index contributed by atoms with van der Waals surface area (Å²) >= 11 is 6.54. The summed E-state index contributed by atoms with van der Waals surface area (Å²) in [5.41, 5.74) is 3.66. The molecular formula is C27H25ClN4O. The number of halogens is 1. The average Bonchev–Trinajstić information content (AvgIpc) is 2.88. The van der Waals surface area contributed by atoms with Crippen molar-refractivity contribution in [1.82, 2.24) is 14.7 Å². The van der Waals surface area contributed by atoms with Crippen molar-refractivity contribution in [2.75, 3.05) is 31.1 Å². The third-order valence-corrected chi connectivity index (χ3v) is 6.51. The number of anilines is 1. The number of hydrogen-bond acceptors (Lipinski definition) is 4. The van der Waals surface area contributed by atoms with Crippen molar-refractivity contribution in [3.63, 3.8) is 0 Å². The van der Waals surface area contributed by atoms with E-state index in [0.717, 1.165) is 26.2 Å². The highest BCUT2D eigenvalue weighted by Gasteiger charge is 2.28. The summed E-state index contributed by atoms with van der Waals surface area (Å²) < 4.78 is 1.35. The Morgan fingerprint density at radius 2 is 1.24 bits per heavy atom. The molecule has 0 N–H and O–H groups in total. The fraction of sp³-hybridized carbons (Fsp3) is 0.185. The molecule has 0 unspecified atom stereocenters. The minimum absolute atomic E-state index is 0.189. The van der Waals surface area contributed by atoms with Gasteiger partial charge in [0.25, 0.3) is 5.56 Å². The van der Waals surface area contributed by atoms with E-state index in [1.807, 2.05) is 30.3 Å². The van der Waals surface area contributed by atoms with Gasteiger partial charge >= 0.3 is 0 Å². The van der Waals surface area contributed by atoms with Crippen LogP contribution in [-0.4, -0.2) is 40.9 Å². The minimum Gasteiger partial charge on any atom is -0.366 e. The molecule has 1 aromatic heterocycles. The second-order valence-electron chi connectivity index (χ2n) is 8.14. The summed E-state index contributed by atoms with van der Waals surface area (Å²) in [5, 5.41) is 4.61. The van der Waals surface area contributed by atoms with Crippen LogP contribution in [-0.2, 0) is 0 Å². The molecule has 33 heavy (non-hydrogen) atoms. The first-order valence-electron chi connectivity index (χ1n) is 11.1. The Bertz CT molecular complexity index is 1210. The quantitative estimate of drug-likeness (QED) is 0.432. The van der Waals surface area contributed by atoms with Gasteiger partial charge in [-0.25, -0.2) is 0 Å². The third-order valence-electron chi connectivity index (χ3n) is 6.15. The van der Waals surface area contributed by atoms with Crippen molar-refractivity contribution in [2.24, 2.45) is 0 Å². The summed E-state index contributed by atoms with van der Waals surface area (Å²) in [6.07, 6.45) is 1.71. The maximum atomic E-state index is 12.9. The van der Waals surface area contributed by atoms with Gasteiger partial charge in [0.1, 0.15) is 5.02 Å². The van der Waals surface area contributed by atoms with Crippen LogP contribution in [0.15, 0.2) is 102 Å². The average molecular weight is 457 g/mol. The molecule has 0 aliphatic carbocycles. The van der Waals surface area contributed by atoms with Crippen molar-refractivity contribution >= 4 is 17.3 Å². The van der Waals surface area contributed by atoms with E-state index in [1.165, 1.54) is 15.8 Å². The van der Waals surface area contributed by atoms with Gasteiger partial charge in [-0.1, -0.05) is 90.5 Å². The number of nitrogens with zero attached hydrogens (tertiary/aromatic N) is 4. The molecule has 1 fully saturated rings. The molecule has 3 aromatic carbocycles. The molecule has 0 amide bonds. The van der Waals surface area contributed by atoms with Gasteiger partial charge in [0.15, 0.2) is 0 Å². The third kappa shape index (κ3) is 4.42. The molecular weight excluding hydrogens is 432 g/mol. The van der Waals surface area contributed by atoms with E-state index in [0.29, 0.717) is 11.4 Å². The maximum Gasteiger partial charge on any atom is 0.292 e. The first-order chi connectivity index (χ1) is 16.2. The highest BCUT2D eigenvalue weighted by atomic mass is 35.5. The van der Waals surface area contributed by atoms with E-state index in [4.69, 9.17) is 11.6 Å². The maximum absolute atomic E-state index is 12.9. The molecule has 0 spiro atoms. The lowest BCUT2D eigenvalue weighted by atomic mass is 9.96. The van der Waals surface area contributed by atoms with Gasteiger partial charge in [-0.05, 0) is 23.3 Å². The number of para-hydroxylation sites is 1. The lowest BCUT2D eigenvalue weighted by molar-refractivity contribution is 0.212. The van der Waals surface area contributed by atoms with Gasteiger partial charge in [0.2, 0.25) is 0 Å². The van der Waals surface area contributed by atoms with Crippen LogP contribution in [0.2, 0.25) is 5.02 Å². The molecule has 0 radical (unpaired) electrons. The van der Waals surface area contributed by atoms with E-state index in [9.17, 15) is 4.79 Å². The van der Waals surface area contributed by atoms with Gasteiger partial charge < -0.3 is 4.90 Å². The molecule has 1 aliphatic rings. The Balaban J connectivity index is 1.37. The van der Waals surface area contributed by atoms with E-state index in [1.54, 1.807) is 6.20 Å². The van der Waals surface area contributed by atoms with Crippen molar-refractivity contribution in [1.29, 1.82) is 0 Å². The summed E-state index contributed by atoms with van der Waals surface area (Å²) in [4.78, 5) is 17.6. The summed E-state index contributed by atoms with van der Waals surface area (Å²) in [5.74, 6) is 0. The smallest absolute Gasteiger partial charge is 0.292 e. The van der Waals surface area contributed by atoms with E-state index < -0.39 is 0 Å². The Kier molecular flexibility index (Phi) is 6.24. The SMILES string of the molecule is O=c1c(Cl)c(N2CCN(C(c3ccccc3)c3ccccc3)CC2)cnn1-c1ccccc1. The Labute approximate surface area is 198 Å². The van der Waals surface area contributed by atoms with Crippen LogP contribution < -0.4 is 10.5 Å². The van der Waals surface area contributed by atoms with Gasteiger partial charge in [-0.15, -0.1) is 0 Å².